The number of likely N-dealkylation sites (N-methyl/N-ethyl adjacent to an activating group) is 1. The molecule has 50 heavy (non-hydrogen) atoms. The van der Waals surface area contributed by atoms with Gasteiger partial charge in [-0.25, -0.2) is 4.79 Å². The van der Waals surface area contributed by atoms with Gasteiger partial charge >= 0.3 is 12.1 Å². The van der Waals surface area contributed by atoms with Gasteiger partial charge in [0.1, 0.15) is 17.8 Å². The van der Waals surface area contributed by atoms with Gasteiger partial charge in [-0.05, 0) is 67.4 Å². The number of carbonyl (C=O) groups excluding carboxylic acids is 5. The first-order chi connectivity index (χ1) is 23.5. The third-order valence-electron chi connectivity index (χ3n) is 7.81. The number of halogens is 3. The highest BCUT2D eigenvalue weighted by Gasteiger charge is 2.41. The van der Waals surface area contributed by atoms with E-state index in [1.165, 1.54) is 24.0 Å². The van der Waals surface area contributed by atoms with Crippen molar-refractivity contribution >= 4 is 41.4 Å². The number of nitrogens with one attached hydrogen (secondary N) is 2. The number of hydrogen-bond donors (Lipinski definition) is 3. The molecule has 2 aromatic carbocycles. The fourth-order valence-corrected chi connectivity index (χ4v) is 5.21. The van der Waals surface area contributed by atoms with Crippen LogP contribution in [0.1, 0.15) is 44.7 Å². The van der Waals surface area contributed by atoms with Gasteiger partial charge in [-0.3, -0.25) is 19.2 Å². The van der Waals surface area contributed by atoms with Crippen LogP contribution in [0.25, 0.3) is 0 Å². The fraction of sp³-hybridized carbons (Fsp3) is 0.514. The van der Waals surface area contributed by atoms with Crippen LogP contribution in [0.5, 0.6) is 5.75 Å². The molecular formula is C35H48F3N5O6S. The number of nitrogens with two attached hydrogens (primary N) is 1. The largest absolute Gasteiger partial charge is 0.491 e. The lowest BCUT2D eigenvalue weighted by Crippen LogP contribution is -2.54. The van der Waals surface area contributed by atoms with E-state index in [0.717, 1.165) is 36.3 Å². The van der Waals surface area contributed by atoms with Crippen molar-refractivity contribution in [2.45, 2.75) is 70.8 Å². The van der Waals surface area contributed by atoms with Gasteiger partial charge in [0, 0.05) is 26.6 Å². The number of rotatable bonds is 19. The minimum atomic E-state index is -5.14. The molecule has 0 unspecified atom stereocenters. The van der Waals surface area contributed by atoms with Crippen molar-refractivity contribution in [1.29, 1.82) is 0 Å². The molecule has 276 valence electrons. The van der Waals surface area contributed by atoms with Crippen molar-refractivity contribution in [3.05, 3.63) is 65.7 Å². The Morgan fingerprint density at radius 3 is 2.10 bits per heavy atom. The number of esters is 1. The number of nitrogens with zero attached hydrogens (tertiary/aromatic N) is 2. The Labute approximate surface area is 295 Å². The Kier molecular flexibility index (Phi) is 17.3. The van der Waals surface area contributed by atoms with E-state index in [2.05, 4.69) is 29.2 Å². The van der Waals surface area contributed by atoms with E-state index in [9.17, 15) is 37.1 Å². The van der Waals surface area contributed by atoms with E-state index in [-0.39, 0.29) is 18.1 Å². The molecule has 0 heterocycles. The summed E-state index contributed by atoms with van der Waals surface area (Å²) in [5.41, 5.74) is 7.34. The van der Waals surface area contributed by atoms with Crippen LogP contribution in [0.2, 0.25) is 0 Å². The Hall–Kier alpha value is -4.11. The molecule has 0 saturated heterocycles. The third kappa shape index (κ3) is 14.4. The van der Waals surface area contributed by atoms with Gasteiger partial charge in [0.05, 0.1) is 12.6 Å². The van der Waals surface area contributed by atoms with Gasteiger partial charge in [-0.1, -0.05) is 56.3 Å². The highest BCUT2D eigenvalue weighted by atomic mass is 32.2. The second kappa shape index (κ2) is 20.5. The number of carbonyl (C=O) groups is 5. The predicted octanol–water partition coefficient (Wildman–Crippen LogP) is 3.34. The zero-order valence-electron chi connectivity index (χ0n) is 29.1. The third-order valence-corrected chi connectivity index (χ3v) is 8.50. The summed E-state index contributed by atoms with van der Waals surface area (Å²) in [5, 5.41) is 5.01. The number of ether oxygens (including phenoxy) is 1. The molecule has 15 heteroatoms. The summed E-state index contributed by atoms with van der Waals surface area (Å²) >= 11 is 1.70. The van der Waals surface area contributed by atoms with Crippen LogP contribution in [-0.2, 0) is 36.8 Å². The summed E-state index contributed by atoms with van der Waals surface area (Å²) in [6.07, 6.45) is -1.23. The molecule has 0 aromatic heterocycles. The summed E-state index contributed by atoms with van der Waals surface area (Å²) < 4.78 is 41.5. The highest BCUT2D eigenvalue weighted by molar-refractivity contribution is 7.98. The molecule has 0 aliphatic carbocycles. The molecular weight excluding hydrogens is 675 g/mol. The van der Waals surface area contributed by atoms with Crippen LogP contribution in [0.3, 0.4) is 0 Å². The Balaban J connectivity index is 2.01. The zero-order chi connectivity index (χ0) is 37.4. The van der Waals surface area contributed by atoms with Crippen LogP contribution >= 0.6 is 11.8 Å². The van der Waals surface area contributed by atoms with Gasteiger partial charge in [0.15, 0.2) is 0 Å². The molecule has 0 aliphatic rings. The maximum absolute atomic E-state index is 14.0. The van der Waals surface area contributed by atoms with E-state index < -0.39 is 54.5 Å². The summed E-state index contributed by atoms with van der Waals surface area (Å²) in [5.74, 6) is -3.38. The van der Waals surface area contributed by atoms with E-state index in [0.29, 0.717) is 31.0 Å². The predicted molar refractivity (Wildman–Crippen MR) is 186 cm³/mol. The molecule has 0 spiro atoms. The summed E-state index contributed by atoms with van der Waals surface area (Å²) in [6.45, 7) is 6.32. The molecule has 0 saturated carbocycles. The molecule has 0 radical (unpaired) electrons. The average Bonchev–Trinajstić information content (AvgIpc) is 3.07. The minimum Gasteiger partial charge on any atom is -0.420 e. The zero-order valence-corrected chi connectivity index (χ0v) is 29.9. The van der Waals surface area contributed by atoms with E-state index >= 15 is 0 Å². The topological polar surface area (TPSA) is 151 Å². The van der Waals surface area contributed by atoms with Crippen LogP contribution in [0.15, 0.2) is 54.6 Å². The van der Waals surface area contributed by atoms with Crippen LogP contribution in [-0.4, -0.2) is 102 Å². The average molecular weight is 724 g/mol. The SMILES string of the molecule is CSCCCN(CCC(C)C)C(=O)[C@H](Cc1ccccc1)N(C)C(=O)CNC(=O)[C@@H](C)NC(=O)[C@@H](N)Cc1ccc(OC(=O)C(F)(F)F)cc1. The molecule has 0 aliphatic heterocycles. The van der Waals surface area contributed by atoms with Gasteiger partial charge in [-0.2, -0.15) is 24.9 Å². The van der Waals surface area contributed by atoms with Gasteiger partial charge in [0.2, 0.25) is 23.6 Å². The maximum Gasteiger partial charge on any atom is 0.491 e. The molecule has 2 aromatic rings. The lowest BCUT2D eigenvalue weighted by atomic mass is 10.0. The fourth-order valence-electron chi connectivity index (χ4n) is 4.79. The van der Waals surface area contributed by atoms with Crippen molar-refractivity contribution in [1.82, 2.24) is 20.4 Å². The lowest BCUT2D eigenvalue weighted by Gasteiger charge is -2.33. The lowest BCUT2D eigenvalue weighted by molar-refractivity contribution is -0.189. The number of alkyl halides is 3. The van der Waals surface area contributed by atoms with E-state index in [4.69, 9.17) is 5.73 Å². The Bertz CT molecular complexity index is 1410. The molecule has 0 fully saturated rings. The maximum atomic E-state index is 14.0. The standard InChI is InChI=1S/C35H48F3N5O6S/c1-23(2)16-18-43(17-9-19-50-5)33(47)29(21-25-10-7-6-8-11-25)42(4)30(44)22-40-31(45)24(3)41-32(46)28(39)20-26-12-14-27(15-13-26)49-34(48)35(36,37)38/h6-8,10-15,23-24,28-29H,9,16-22,39H2,1-5H3,(H,40,45)(H,41,46)/t24-,28+,29+/m1/s1. The molecule has 4 amide bonds. The van der Waals surface area contributed by atoms with Crippen LogP contribution < -0.4 is 21.1 Å². The van der Waals surface area contributed by atoms with Crippen LogP contribution in [0, 0.1) is 5.92 Å². The molecule has 3 atom stereocenters. The summed E-state index contributed by atoms with van der Waals surface area (Å²) in [4.78, 5) is 67.1. The van der Waals surface area contributed by atoms with Gasteiger partial charge in [-0.15, -0.1) is 0 Å². The van der Waals surface area contributed by atoms with Gasteiger partial charge < -0.3 is 30.9 Å². The quantitative estimate of drug-likeness (QED) is 0.114. The first-order valence-corrected chi connectivity index (χ1v) is 17.7. The minimum absolute atomic E-state index is 0.0285. The number of thioether (sulfide) groups is 1. The Morgan fingerprint density at radius 1 is 0.900 bits per heavy atom. The molecule has 0 bridgehead atoms. The molecule has 11 nitrogen and oxygen atoms in total. The second-order valence-electron chi connectivity index (χ2n) is 12.4. The smallest absolute Gasteiger partial charge is 0.420 e. The van der Waals surface area contributed by atoms with Crippen molar-refractivity contribution in [3.63, 3.8) is 0 Å². The highest BCUT2D eigenvalue weighted by Crippen LogP contribution is 2.21. The first-order valence-electron chi connectivity index (χ1n) is 16.3. The molecule has 4 N–H and O–H groups in total. The first kappa shape index (κ1) is 42.1. The second-order valence-corrected chi connectivity index (χ2v) is 13.3. The van der Waals surface area contributed by atoms with Crippen molar-refractivity contribution in [2.75, 3.05) is 38.7 Å². The summed E-state index contributed by atoms with van der Waals surface area (Å²) in [7, 11) is 1.54. The number of benzene rings is 2. The number of hydrogen-bond acceptors (Lipinski definition) is 8. The van der Waals surface area contributed by atoms with E-state index in [1.807, 2.05) is 41.5 Å². The summed E-state index contributed by atoms with van der Waals surface area (Å²) in [6, 6.07) is 11.4. The van der Waals surface area contributed by atoms with Crippen molar-refractivity contribution < 1.29 is 41.9 Å². The monoisotopic (exact) mass is 723 g/mol. The normalized spacial score (nSPS) is 13.2. The number of amides is 4. The van der Waals surface area contributed by atoms with Crippen molar-refractivity contribution in [2.24, 2.45) is 11.7 Å². The molecule has 2 rings (SSSR count). The Morgan fingerprint density at radius 2 is 1.52 bits per heavy atom. The van der Waals surface area contributed by atoms with Crippen LogP contribution in [0.4, 0.5) is 13.2 Å². The van der Waals surface area contributed by atoms with Gasteiger partial charge in [0.25, 0.3) is 0 Å². The van der Waals surface area contributed by atoms with E-state index in [1.54, 1.807) is 18.8 Å². The van der Waals surface area contributed by atoms with Crippen molar-refractivity contribution in [3.8, 4) is 5.75 Å².